The number of fused-ring (bicyclic) bond motifs is 1. The Labute approximate surface area is 163 Å². The molecule has 0 saturated carbocycles. The minimum atomic E-state index is 0.473. The Kier molecular flexibility index (Phi) is 5.08. The van der Waals surface area contributed by atoms with Gasteiger partial charge in [0.2, 0.25) is 0 Å². The van der Waals surface area contributed by atoms with E-state index in [1.54, 1.807) is 18.5 Å². The lowest BCUT2D eigenvalue weighted by Crippen LogP contribution is -2.36. The van der Waals surface area contributed by atoms with Gasteiger partial charge in [-0.25, -0.2) is 4.98 Å². The van der Waals surface area contributed by atoms with Gasteiger partial charge in [-0.15, -0.1) is 0 Å². The molecule has 0 bridgehead atoms. The molecular weight excluding hydrogens is 360 g/mol. The minimum absolute atomic E-state index is 0.473. The number of anilines is 1. The van der Waals surface area contributed by atoms with Crippen LogP contribution >= 0.6 is 11.6 Å². The average Bonchev–Trinajstić information content (AvgIpc) is 2.72. The van der Waals surface area contributed by atoms with Gasteiger partial charge in [0.05, 0.1) is 23.8 Å². The standard InChI is InChI=1S/C21H19ClN4O/c22-18-13-24-8-5-20(18)27-14-15-6-9-26(10-7-15)21-11-16(12-23)17-3-1-2-4-19(17)25-21/h1-5,8,11,13,15H,6-7,9-10,14H2. The van der Waals surface area contributed by atoms with Crippen LogP contribution in [0.2, 0.25) is 5.02 Å². The SMILES string of the molecule is N#Cc1cc(N2CCC(COc3ccncc3Cl)CC2)nc2ccccc12. The van der Waals surface area contributed by atoms with Gasteiger partial charge in [-0.05, 0) is 30.9 Å². The third-order valence-corrected chi connectivity index (χ3v) is 5.26. The zero-order valence-electron chi connectivity index (χ0n) is 14.8. The van der Waals surface area contributed by atoms with Crippen molar-refractivity contribution in [2.24, 2.45) is 5.92 Å². The number of rotatable bonds is 4. The molecule has 0 aliphatic carbocycles. The topological polar surface area (TPSA) is 62.0 Å². The fourth-order valence-electron chi connectivity index (χ4n) is 3.43. The van der Waals surface area contributed by atoms with Gasteiger partial charge in [-0.2, -0.15) is 5.26 Å². The number of nitrogens with zero attached hydrogens (tertiary/aromatic N) is 4. The summed E-state index contributed by atoms with van der Waals surface area (Å²) in [5.41, 5.74) is 1.54. The van der Waals surface area contributed by atoms with E-state index in [2.05, 4.69) is 16.0 Å². The predicted molar refractivity (Wildman–Crippen MR) is 106 cm³/mol. The Hall–Kier alpha value is -2.84. The number of hydrogen-bond acceptors (Lipinski definition) is 5. The highest BCUT2D eigenvalue weighted by molar-refractivity contribution is 6.31. The fraction of sp³-hybridized carbons (Fsp3) is 0.286. The summed E-state index contributed by atoms with van der Waals surface area (Å²) in [5.74, 6) is 2.03. The highest BCUT2D eigenvalue weighted by atomic mass is 35.5. The van der Waals surface area contributed by atoms with Crippen molar-refractivity contribution >= 4 is 28.3 Å². The summed E-state index contributed by atoms with van der Waals surface area (Å²) < 4.78 is 5.86. The lowest BCUT2D eigenvalue weighted by molar-refractivity contribution is 0.222. The summed E-state index contributed by atoms with van der Waals surface area (Å²) in [5, 5.41) is 10.9. The first-order valence-corrected chi connectivity index (χ1v) is 9.39. The van der Waals surface area contributed by atoms with Crippen LogP contribution in [0.5, 0.6) is 5.75 Å². The molecule has 3 heterocycles. The lowest BCUT2D eigenvalue weighted by Gasteiger charge is -2.33. The monoisotopic (exact) mass is 378 g/mol. The lowest BCUT2D eigenvalue weighted by atomic mass is 9.97. The van der Waals surface area contributed by atoms with E-state index in [9.17, 15) is 5.26 Å². The van der Waals surface area contributed by atoms with Gasteiger partial charge in [0.15, 0.2) is 0 Å². The molecule has 0 amide bonds. The maximum atomic E-state index is 9.47. The Balaban J connectivity index is 1.41. The first-order chi connectivity index (χ1) is 13.2. The number of hydrogen-bond donors (Lipinski definition) is 0. The number of nitriles is 1. The number of para-hydroxylation sites is 1. The number of benzene rings is 1. The Morgan fingerprint density at radius 3 is 2.81 bits per heavy atom. The van der Waals surface area contributed by atoms with Crippen molar-refractivity contribution in [2.75, 3.05) is 24.6 Å². The molecular formula is C21H19ClN4O. The van der Waals surface area contributed by atoms with Gasteiger partial charge in [0, 0.05) is 36.9 Å². The first-order valence-electron chi connectivity index (χ1n) is 9.02. The van der Waals surface area contributed by atoms with Gasteiger partial charge in [0.1, 0.15) is 16.6 Å². The second-order valence-corrected chi connectivity index (χ2v) is 7.11. The van der Waals surface area contributed by atoms with Gasteiger partial charge < -0.3 is 9.64 Å². The summed E-state index contributed by atoms with van der Waals surface area (Å²) >= 11 is 6.09. The zero-order chi connectivity index (χ0) is 18.6. The van der Waals surface area contributed by atoms with Crippen molar-refractivity contribution in [1.82, 2.24) is 9.97 Å². The molecule has 1 saturated heterocycles. The Morgan fingerprint density at radius 1 is 1.22 bits per heavy atom. The molecule has 4 rings (SSSR count). The molecule has 1 aliphatic heterocycles. The molecule has 1 fully saturated rings. The largest absolute Gasteiger partial charge is 0.492 e. The van der Waals surface area contributed by atoms with Crippen molar-refractivity contribution in [3.63, 3.8) is 0 Å². The van der Waals surface area contributed by atoms with E-state index in [1.807, 2.05) is 30.3 Å². The van der Waals surface area contributed by atoms with Crippen molar-refractivity contribution in [3.8, 4) is 11.8 Å². The van der Waals surface area contributed by atoms with Crippen molar-refractivity contribution in [2.45, 2.75) is 12.8 Å². The van der Waals surface area contributed by atoms with E-state index in [4.69, 9.17) is 21.3 Å². The zero-order valence-corrected chi connectivity index (χ0v) is 15.6. The molecule has 0 atom stereocenters. The van der Waals surface area contributed by atoms with Gasteiger partial charge in [0.25, 0.3) is 0 Å². The number of ether oxygens (including phenoxy) is 1. The van der Waals surface area contributed by atoms with E-state index in [1.165, 1.54) is 0 Å². The highest BCUT2D eigenvalue weighted by Gasteiger charge is 2.22. The van der Waals surface area contributed by atoms with Crippen molar-refractivity contribution < 1.29 is 4.74 Å². The summed E-state index contributed by atoms with van der Waals surface area (Å²) in [6.07, 6.45) is 5.30. The molecule has 6 heteroatoms. The molecule has 1 aliphatic rings. The smallest absolute Gasteiger partial charge is 0.141 e. The maximum absolute atomic E-state index is 9.47. The van der Waals surface area contributed by atoms with Crippen LogP contribution in [0.25, 0.3) is 10.9 Å². The predicted octanol–water partition coefficient (Wildman–Crippen LogP) is 4.45. The van der Waals surface area contributed by atoms with E-state index < -0.39 is 0 Å². The summed E-state index contributed by atoms with van der Waals surface area (Å²) in [4.78, 5) is 11.0. The second-order valence-electron chi connectivity index (χ2n) is 6.70. The summed E-state index contributed by atoms with van der Waals surface area (Å²) in [7, 11) is 0. The average molecular weight is 379 g/mol. The second kappa shape index (κ2) is 7.81. The van der Waals surface area contributed by atoms with Crippen LogP contribution in [0.15, 0.2) is 48.8 Å². The summed E-state index contributed by atoms with van der Waals surface area (Å²) in [6, 6.07) is 13.8. The van der Waals surface area contributed by atoms with Gasteiger partial charge in [-0.1, -0.05) is 29.8 Å². The van der Waals surface area contributed by atoms with Crippen LogP contribution in [-0.4, -0.2) is 29.7 Å². The van der Waals surface area contributed by atoms with Gasteiger partial charge >= 0.3 is 0 Å². The molecule has 1 aromatic carbocycles. The number of aromatic nitrogens is 2. The van der Waals surface area contributed by atoms with Crippen molar-refractivity contribution in [3.05, 3.63) is 59.4 Å². The van der Waals surface area contributed by atoms with E-state index >= 15 is 0 Å². The highest BCUT2D eigenvalue weighted by Crippen LogP contribution is 2.28. The molecule has 0 unspecified atom stereocenters. The normalized spacial score (nSPS) is 14.9. The third-order valence-electron chi connectivity index (χ3n) is 4.97. The van der Waals surface area contributed by atoms with Crippen LogP contribution in [0.1, 0.15) is 18.4 Å². The van der Waals surface area contributed by atoms with E-state index in [0.717, 1.165) is 42.7 Å². The van der Waals surface area contributed by atoms with Crippen LogP contribution in [0.4, 0.5) is 5.82 Å². The fourth-order valence-corrected chi connectivity index (χ4v) is 3.61. The molecule has 136 valence electrons. The Bertz CT molecular complexity index is 993. The van der Waals surface area contributed by atoms with Crippen LogP contribution < -0.4 is 9.64 Å². The number of pyridine rings is 2. The molecule has 5 nitrogen and oxygen atoms in total. The molecule has 3 aromatic rings. The van der Waals surface area contributed by atoms with E-state index in [-0.39, 0.29) is 0 Å². The third kappa shape index (κ3) is 3.81. The van der Waals surface area contributed by atoms with Crippen LogP contribution in [0.3, 0.4) is 0 Å². The first kappa shape index (κ1) is 17.6. The maximum Gasteiger partial charge on any atom is 0.141 e. The quantitative estimate of drug-likeness (QED) is 0.671. The van der Waals surface area contributed by atoms with Gasteiger partial charge in [-0.3, -0.25) is 4.98 Å². The molecule has 0 radical (unpaired) electrons. The number of halogens is 1. The number of piperidine rings is 1. The molecule has 27 heavy (non-hydrogen) atoms. The minimum Gasteiger partial charge on any atom is -0.492 e. The molecule has 0 spiro atoms. The Morgan fingerprint density at radius 2 is 2.04 bits per heavy atom. The van der Waals surface area contributed by atoms with Crippen LogP contribution in [0, 0.1) is 17.2 Å². The van der Waals surface area contributed by atoms with E-state index in [0.29, 0.717) is 28.9 Å². The van der Waals surface area contributed by atoms with Crippen LogP contribution in [-0.2, 0) is 0 Å². The van der Waals surface area contributed by atoms with Crippen molar-refractivity contribution in [1.29, 1.82) is 5.26 Å². The molecule has 0 N–H and O–H groups in total. The molecule has 2 aromatic heterocycles. The summed E-state index contributed by atoms with van der Waals surface area (Å²) in [6.45, 7) is 2.44.